The first-order valence-electron chi connectivity index (χ1n) is 10.1. The average molecular weight is 422 g/mol. The summed E-state index contributed by atoms with van der Waals surface area (Å²) in [4.78, 5) is 50.5. The minimum Gasteiger partial charge on any atom is -0.456 e. The second-order valence-corrected chi connectivity index (χ2v) is 8.04. The molecule has 0 radical (unpaired) electrons. The molecule has 7 nitrogen and oxygen atoms in total. The molecule has 7 heteroatoms. The van der Waals surface area contributed by atoms with Crippen LogP contribution in [0, 0.1) is 13.8 Å². The largest absolute Gasteiger partial charge is 0.456 e. The highest BCUT2D eigenvalue weighted by atomic mass is 16.5. The zero-order chi connectivity index (χ0) is 22.6. The van der Waals surface area contributed by atoms with Crippen LogP contribution in [0.25, 0.3) is 0 Å². The number of ether oxygens (including phenoxy) is 1. The molecule has 2 aromatic rings. The second kappa shape index (κ2) is 9.12. The molecule has 0 aromatic heterocycles. The van der Waals surface area contributed by atoms with Gasteiger partial charge in [0.1, 0.15) is 12.1 Å². The number of imide groups is 1. The van der Waals surface area contributed by atoms with E-state index >= 15 is 0 Å². The van der Waals surface area contributed by atoms with E-state index in [9.17, 15) is 19.2 Å². The molecule has 0 saturated carbocycles. The third-order valence-electron chi connectivity index (χ3n) is 5.45. The van der Waals surface area contributed by atoms with E-state index in [0.29, 0.717) is 18.4 Å². The van der Waals surface area contributed by atoms with Crippen molar-refractivity contribution in [3.63, 3.8) is 0 Å². The Morgan fingerprint density at radius 3 is 2.48 bits per heavy atom. The van der Waals surface area contributed by atoms with Crippen LogP contribution in [0.3, 0.4) is 0 Å². The quantitative estimate of drug-likeness (QED) is 0.401. The van der Waals surface area contributed by atoms with Gasteiger partial charge in [-0.05, 0) is 50.8 Å². The van der Waals surface area contributed by atoms with Crippen LogP contribution in [0.5, 0.6) is 0 Å². The lowest BCUT2D eigenvalue weighted by Gasteiger charge is -2.21. The van der Waals surface area contributed by atoms with Crippen molar-refractivity contribution in [1.29, 1.82) is 0 Å². The Balaban J connectivity index is 1.56. The number of esters is 1. The van der Waals surface area contributed by atoms with Gasteiger partial charge >= 0.3 is 12.0 Å². The van der Waals surface area contributed by atoms with E-state index in [4.69, 9.17) is 4.74 Å². The van der Waals surface area contributed by atoms with Gasteiger partial charge in [0.05, 0.1) is 0 Å². The summed E-state index contributed by atoms with van der Waals surface area (Å²) in [5.74, 6) is -1.62. The highest BCUT2D eigenvalue weighted by Crippen LogP contribution is 2.23. The Morgan fingerprint density at radius 2 is 1.77 bits per heavy atom. The molecule has 1 saturated heterocycles. The molecule has 0 spiro atoms. The summed E-state index contributed by atoms with van der Waals surface area (Å²) in [5.41, 5.74) is 2.15. The molecule has 1 aliphatic rings. The number of nitrogens with one attached hydrogen (secondary N) is 1. The monoisotopic (exact) mass is 422 g/mol. The maximum absolute atomic E-state index is 12.8. The lowest BCUT2D eigenvalue weighted by Crippen LogP contribution is -2.44. The number of hydrogen-bond donors (Lipinski definition) is 1. The van der Waals surface area contributed by atoms with E-state index in [-0.39, 0.29) is 5.78 Å². The Kier molecular flexibility index (Phi) is 6.53. The fraction of sp³-hybridized carbons (Fsp3) is 0.333. The number of rotatable bonds is 8. The van der Waals surface area contributed by atoms with Crippen LogP contribution in [0.1, 0.15) is 40.4 Å². The number of carbonyl (C=O) groups is 4. The molecule has 162 valence electrons. The van der Waals surface area contributed by atoms with Gasteiger partial charge in [0.15, 0.2) is 6.61 Å². The summed E-state index contributed by atoms with van der Waals surface area (Å²) in [6.07, 6.45) is 1.00. The lowest BCUT2D eigenvalue weighted by molar-refractivity contribution is -0.146. The Hall–Kier alpha value is -3.48. The van der Waals surface area contributed by atoms with Crippen molar-refractivity contribution in [2.75, 3.05) is 13.2 Å². The van der Waals surface area contributed by atoms with E-state index in [1.165, 1.54) is 0 Å². The second-order valence-electron chi connectivity index (χ2n) is 8.04. The number of ketones is 1. The van der Waals surface area contributed by atoms with Gasteiger partial charge in [-0.2, -0.15) is 0 Å². The molecule has 3 amide bonds. The molecule has 2 aromatic carbocycles. The predicted molar refractivity (Wildman–Crippen MR) is 115 cm³/mol. The highest BCUT2D eigenvalue weighted by molar-refractivity contribution is 6.08. The maximum atomic E-state index is 12.8. The number of Topliss-reactive ketones (excluding diaryl/α,β-unsaturated/α-hetero) is 1. The number of nitrogens with zero attached hydrogens (tertiary/aromatic N) is 1. The summed E-state index contributed by atoms with van der Waals surface area (Å²) < 4.78 is 5.05. The van der Waals surface area contributed by atoms with Gasteiger partial charge in [-0.3, -0.25) is 19.3 Å². The van der Waals surface area contributed by atoms with Crippen LogP contribution in [-0.4, -0.2) is 47.3 Å². The molecule has 1 fully saturated rings. The summed E-state index contributed by atoms with van der Waals surface area (Å²) in [6.45, 7) is 4.34. The summed E-state index contributed by atoms with van der Waals surface area (Å²) in [7, 11) is 0. The van der Waals surface area contributed by atoms with Crippen LogP contribution in [0.4, 0.5) is 4.79 Å². The Labute approximate surface area is 181 Å². The SMILES string of the molecule is Cc1ccc(C)c(C(=O)COC(=O)CN2C(=O)N[C@](C)(CCc3ccccc3)C2=O)c1. The zero-order valence-corrected chi connectivity index (χ0v) is 17.9. The van der Waals surface area contributed by atoms with E-state index in [1.807, 2.05) is 49.4 Å². The number of amides is 3. The number of benzene rings is 2. The molecule has 1 aliphatic heterocycles. The van der Waals surface area contributed by atoms with Crippen molar-refractivity contribution in [3.8, 4) is 0 Å². The van der Waals surface area contributed by atoms with Crippen LogP contribution in [0.2, 0.25) is 0 Å². The van der Waals surface area contributed by atoms with Gasteiger partial charge in [-0.15, -0.1) is 0 Å². The first kappa shape index (κ1) is 22.2. The standard InChI is InChI=1S/C24H26N2O5/c1-16-9-10-17(2)19(13-16)20(27)15-31-21(28)14-26-22(29)24(3,25-23(26)30)12-11-18-7-5-4-6-8-18/h4-10,13H,11-12,14-15H2,1-3H3,(H,25,30)/t24-/m1/s1. The smallest absolute Gasteiger partial charge is 0.326 e. The van der Waals surface area contributed by atoms with E-state index in [2.05, 4.69) is 5.32 Å². The van der Waals surface area contributed by atoms with Crippen molar-refractivity contribution >= 4 is 23.7 Å². The van der Waals surface area contributed by atoms with Gasteiger partial charge in [-0.25, -0.2) is 4.79 Å². The van der Waals surface area contributed by atoms with Crippen molar-refractivity contribution in [3.05, 3.63) is 70.8 Å². The number of urea groups is 1. The number of hydrogen-bond acceptors (Lipinski definition) is 5. The highest BCUT2D eigenvalue weighted by Gasteiger charge is 2.48. The van der Waals surface area contributed by atoms with Crippen LogP contribution >= 0.6 is 0 Å². The number of carbonyl (C=O) groups excluding carboxylic acids is 4. The molecule has 31 heavy (non-hydrogen) atoms. The molecular formula is C24H26N2O5. The van der Waals surface area contributed by atoms with Crippen LogP contribution < -0.4 is 5.32 Å². The fourth-order valence-electron chi connectivity index (χ4n) is 3.53. The molecule has 1 atom stereocenters. The first-order chi connectivity index (χ1) is 14.7. The van der Waals surface area contributed by atoms with E-state index in [0.717, 1.165) is 21.6 Å². The summed E-state index contributed by atoms with van der Waals surface area (Å²) >= 11 is 0. The van der Waals surface area contributed by atoms with E-state index in [1.54, 1.807) is 19.9 Å². The molecular weight excluding hydrogens is 396 g/mol. The van der Waals surface area contributed by atoms with Crippen molar-refractivity contribution < 1.29 is 23.9 Å². The Morgan fingerprint density at radius 1 is 1.06 bits per heavy atom. The van der Waals surface area contributed by atoms with Crippen molar-refractivity contribution in [1.82, 2.24) is 10.2 Å². The van der Waals surface area contributed by atoms with E-state index < -0.39 is 36.6 Å². The van der Waals surface area contributed by atoms with Gasteiger partial charge in [0.2, 0.25) is 5.78 Å². The summed E-state index contributed by atoms with van der Waals surface area (Å²) in [5, 5.41) is 2.67. The van der Waals surface area contributed by atoms with Gasteiger partial charge in [-0.1, -0.05) is 48.0 Å². The molecule has 1 heterocycles. The normalized spacial score (nSPS) is 18.1. The third-order valence-corrected chi connectivity index (χ3v) is 5.45. The van der Waals surface area contributed by atoms with Crippen molar-refractivity contribution in [2.45, 2.75) is 39.2 Å². The molecule has 0 unspecified atom stereocenters. The molecule has 0 bridgehead atoms. The first-order valence-corrected chi connectivity index (χ1v) is 10.1. The van der Waals surface area contributed by atoms with Gasteiger partial charge in [0, 0.05) is 5.56 Å². The van der Waals surface area contributed by atoms with Crippen molar-refractivity contribution in [2.24, 2.45) is 0 Å². The lowest BCUT2D eigenvalue weighted by atomic mass is 9.93. The number of aryl methyl sites for hydroxylation is 3. The Bertz CT molecular complexity index is 1020. The maximum Gasteiger partial charge on any atom is 0.326 e. The summed E-state index contributed by atoms with van der Waals surface area (Å²) in [6, 6.07) is 14.5. The third kappa shape index (κ3) is 5.17. The molecule has 3 rings (SSSR count). The topological polar surface area (TPSA) is 92.8 Å². The zero-order valence-electron chi connectivity index (χ0n) is 17.9. The van der Waals surface area contributed by atoms with Gasteiger partial charge in [0.25, 0.3) is 5.91 Å². The van der Waals surface area contributed by atoms with Gasteiger partial charge < -0.3 is 10.1 Å². The van der Waals surface area contributed by atoms with Crippen LogP contribution in [-0.2, 0) is 20.7 Å². The van der Waals surface area contributed by atoms with Crippen LogP contribution in [0.15, 0.2) is 48.5 Å². The molecule has 1 N–H and O–H groups in total. The minimum atomic E-state index is -1.10. The molecule has 0 aliphatic carbocycles. The minimum absolute atomic E-state index is 0.334. The average Bonchev–Trinajstić information content (AvgIpc) is 2.96. The predicted octanol–water partition coefficient (Wildman–Crippen LogP) is 2.97. The fourth-order valence-corrected chi connectivity index (χ4v) is 3.53.